The molecule has 0 saturated carbocycles. The molecule has 1 aliphatic heterocycles. The number of fused-ring (bicyclic) bond motifs is 1. The lowest BCUT2D eigenvalue weighted by Gasteiger charge is -2.32. The van der Waals surface area contributed by atoms with Gasteiger partial charge < -0.3 is 9.47 Å². The van der Waals surface area contributed by atoms with Gasteiger partial charge in [-0.05, 0) is 39.8 Å². The molecule has 0 amide bonds. The van der Waals surface area contributed by atoms with Gasteiger partial charge in [0.15, 0.2) is 5.65 Å². The highest BCUT2D eigenvalue weighted by molar-refractivity contribution is 6.20. The van der Waals surface area contributed by atoms with Gasteiger partial charge in [0.1, 0.15) is 11.3 Å². The predicted molar refractivity (Wildman–Crippen MR) is 85.9 cm³/mol. The van der Waals surface area contributed by atoms with E-state index in [9.17, 15) is 0 Å². The van der Waals surface area contributed by atoms with Gasteiger partial charge in [-0.3, -0.25) is 4.68 Å². The summed E-state index contributed by atoms with van der Waals surface area (Å²) in [5.41, 5.74) is 3.21. The van der Waals surface area contributed by atoms with Crippen molar-refractivity contribution in [3.63, 3.8) is 0 Å². The van der Waals surface area contributed by atoms with E-state index < -0.39 is 0 Å². The number of hydrogen-bond acceptors (Lipinski definition) is 3. The first kappa shape index (κ1) is 14.9. The molecule has 0 aromatic carbocycles. The van der Waals surface area contributed by atoms with Gasteiger partial charge in [0.05, 0.1) is 11.1 Å². The molecule has 2 atom stereocenters. The van der Waals surface area contributed by atoms with Crippen molar-refractivity contribution in [2.75, 3.05) is 20.1 Å². The predicted octanol–water partition coefficient (Wildman–Crippen LogP) is 2.90. The van der Waals surface area contributed by atoms with Crippen LogP contribution in [-0.2, 0) is 13.5 Å². The second-order valence-electron chi connectivity index (χ2n) is 6.11. The SMILES string of the molecule is CCc1nn(C)c2c1nc(C(C)Cl)n2C1CCCN(C)C1. The number of alkyl halides is 1. The molecule has 1 aliphatic rings. The van der Waals surface area contributed by atoms with E-state index in [1.54, 1.807) is 0 Å². The number of rotatable bonds is 3. The van der Waals surface area contributed by atoms with Crippen molar-refractivity contribution in [3.8, 4) is 0 Å². The maximum Gasteiger partial charge on any atom is 0.159 e. The quantitative estimate of drug-likeness (QED) is 0.818. The number of piperidine rings is 1. The first-order valence-electron chi connectivity index (χ1n) is 7.79. The van der Waals surface area contributed by atoms with Crippen molar-refractivity contribution in [1.82, 2.24) is 24.2 Å². The summed E-state index contributed by atoms with van der Waals surface area (Å²) in [4.78, 5) is 7.22. The topological polar surface area (TPSA) is 38.9 Å². The molecule has 1 saturated heterocycles. The van der Waals surface area contributed by atoms with Crippen molar-refractivity contribution in [1.29, 1.82) is 0 Å². The molecule has 0 radical (unpaired) electrons. The Morgan fingerprint density at radius 1 is 1.38 bits per heavy atom. The van der Waals surface area contributed by atoms with E-state index in [2.05, 4.69) is 28.5 Å². The number of halogens is 1. The fraction of sp³-hybridized carbons (Fsp3) is 0.733. The lowest BCUT2D eigenvalue weighted by atomic mass is 10.1. The van der Waals surface area contributed by atoms with Crippen LogP contribution in [0.15, 0.2) is 0 Å². The van der Waals surface area contributed by atoms with E-state index >= 15 is 0 Å². The molecule has 2 aromatic heterocycles. The summed E-state index contributed by atoms with van der Waals surface area (Å²) in [6, 6.07) is 0.435. The van der Waals surface area contributed by atoms with Gasteiger partial charge in [-0.15, -0.1) is 11.6 Å². The molecule has 3 heterocycles. The van der Waals surface area contributed by atoms with Gasteiger partial charge in [0.25, 0.3) is 0 Å². The fourth-order valence-electron chi connectivity index (χ4n) is 3.45. The summed E-state index contributed by atoms with van der Waals surface area (Å²) in [7, 11) is 4.19. The van der Waals surface area contributed by atoms with Crippen LogP contribution in [0.2, 0.25) is 0 Å². The molecule has 5 nitrogen and oxygen atoms in total. The highest BCUT2D eigenvalue weighted by Gasteiger charge is 2.28. The molecule has 116 valence electrons. The number of imidazole rings is 1. The van der Waals surface area contributed by atoms with Crippen LogP contribution in [0.3, 0.4) is 0 Å². The Balaban J connectivity index is 2.18. The molecule has 2 unspecified atom stereocenters. The Bertz CT molecular complexity index is 642. The first-order chi connectivity index (χ1) is 10.0. The minimum Gasteiger partial charge on any atom is -0.307 e. The third-order valence-electron chi connectivity index (χ3n) is 4.42. The second-order valence-corrected chi connectivity index (χ2v) is 6.77. The van der Waals surface area contributed by atoms with Crippen LogP contribution in [0, 0.1) is 0 Å². The molecule has 21 heavy (non-hydrogen) atoms. The third-order valence-corrected chi connectivity index (χ3v) is 4.61. The highest BCUT2D eigenvalue weighted by atomic mass is 35.5. The zero-order valence-electron chi connectivity index (χ0n) is 13.3. The second kappa shape index (κ2) is 5.61. The van der Waals surface area contributed by atoms with Gasteiger partial charge in [0.2, 0.25) is 0 Å². The van der Waals surface area contributed by atoms with Crippen LogP contribution >= 0.6 is 11.6 Å². The lowest BCUT2D eigenvalue weighted by molar-refractivity contribution is 0.211. The van der Waals surface area contributed by atoms with E-state index in [0.29, 0.717) is 6.04 Å². The summed E-state index contributed by atoms with van der Waals surface area (Å²) in [6.45, 7) is 6.35. The van der Waals surface area contributed by atoms with E-state index in [4.69, 9.17) is 16.6 Å². The largest absolute Gasteiger partial charge is 0.307 e. The molecule has 6 heteroatoms. The molecule has 3 rings (SSSR count). The molecule has 0 N–H and O–H groups in total. The summed E-state index contributed by atoms with van der Waals surface area (Å²) >= 11 is 6.41. The van der Waals surface area contributed by atoms with E-state index in [-0.39, 0.29) is 5.38 Å². The van der Waals surface area contributed by atoms with Gasteiger partial charge in [-0.1, -0.05) is 6.92 Å². The number of likely N-dealkylation sites (tertiary alicyclic amines) is 1. The lowest BCUT2D eigenvalue weighted by Crippen LogP contribution is -2.34. The van der Waals surface area contributed by atoms with E-state index in [1.807, 2.05) is 18.7 Å². The van der Waals surface area contributed by atoms with Gasteiger partial charge >= 0.3 is 0 Å². The average Bonchev–Trinajstić information content (AvgIpc) is 2.97. The van der Waals surface area contributed by atoms with Crippen LogP contribution in [0.5, 0.6) is 0 Å². The van der Waals surface area contributed by atoms with E-state index in [1.165, 1.54) is 19.4 Å². The maximum atomic E-state index is 6.41. The molecular weight excluding hydrogens is 286 g/mol. The molecule has 1 fully saturated rings. The van der Waals surface area contributed by atoms with Crippen LogP contribution in [-0.4, -0.2) is 44.4 Å². The van der Waals surface area contributed by atoms with Crippen LogP contribution < -0.4 is 0 Å². The summed E-state index contributed by atoms with van der Waals surface area (Å²) < 4.78 is 4.31. The summed E-state index contributed by atoms with van der Waals surface area (Å²) in [6.07, 6.45) is 3.30. The molecular formula is C15H24ClN5. The Hall–Kier alpha value is -1.07. The van der Waals surface area contributed by atoms with Crippen molar-refractivity contribution < 1.29 is 0 Å². The fourth-order valence-corrected chi connectivity index (χ4v) is 3.60. The minimum absolute atomic E-state index is 0.0886. The monoisotopic (exact) mass is 309 g/mol. The number of likely N-dealkylation sites (N-methyl/N-ethyl adjacent to an activating group) is 1. The first-order valence-corrected chi connectivity index (χ1v) is 8.22. The average molecular weight is 310 g/mol. The molecule has 0 aliphatic carbocycles. The number of aromatic nitrogens is 4. The molecule has 0 spiro atoms. The van der Waals surface area contributed by atoms with Crippen molar-refractivity contribution in [2.45, 2.75) is 44.5 Å². The maximum absolute atomic E-state index is 6.41. The standard InChI is InChI=1S/C15H24ClN5/c1-5-12-13-15(20(4)18-12)21(14(17-13)10(2)16)11-7-6-8-19(3)9-11/h10-11H,5-9H2,1-4H3. The van der Waals surface area contributed by atoms with E-state index in [0.717, 1.165) is 35.6 Å². The smallest absolute Gasteiger partial charge is 0.159 e. The van der Waals surface area contributed by atoms with Gasteiger partial charge in [0, 0.05) is 19.6 Å². The number of aryl methyl sites for hydroxylation is 2. The van der Waals surface area contributed by atoms with Gasteiger partial charge in [-0.25, -0.2) is 4.98 Å². The van der Waals surface area contributed by atoms with Crippen LogP contribution in [0.4, 0.5) is 0 Å². The van der Waals surface area contributed by atoms with Gasteiger partial charge in [-0.2, -0.15) is 5.10 Å². The van der Waals surface area contributed by atoms with Crippen LogP contribution in [0.1, 0.15) is 49.6 Å². The van der Waals surface area contributed by atoms with Crippen molar-refractivity contribution >= 4 is 22.8 Å². The zero-order valence-corrected chi connectivity index (χ0v) is 14.1. The highest BCUT2D eigenvalue weighted by Crippen LogP contribution is 2.32. The number of hydrogen-bond donors (Lipinski definition) is 0. The molecule has 2 aromatic rings. The summed E-state index contributed by atoms with van der Waals surface area (Å²) in [5.74, 6) is 0.981. The Labute approximate surface area is 130 Å². The Kier molecular flexibility index (Phi) is 3.97. The third kappa shape index (κ3) is 2.46. The Morgan fingerprint density at radius 2 is 2.14 bits per heavy atom. The van der Waals surface area contributed by atoms with Crippen LogP contribution in [0.25, 0.3) is 11.2 Å². The molecule has 0 bridgehead atoms. The number of nitrogens with zero attached hydrogens (tertiary/aromatic N) is 5. The minimum atomic E-state index is -0.0886. The summed E-state index contributed by atoms with van der Waals surface area (Å²) in [5, 5.41) is 4.53. The van der Waals surface area contributed by atoms with Crippen molar-refractivity contribution in [2.24, 2.45) is 7.05 Å². The Morgan fingerprint density at radius 3 is 2.76 bits per heavy atom. The zero-order chi connectivity index (χ0) is 15.1. The normalized spacial score (nSPS) is 22.0. The van der Waals surface area contributed by atoms with Crippen molar-refractivity contribution in [3.05, 3.63) is 11.5 Å².